The minimum atomic E-state index is -3.79. The number of rotatable bonds is 9. The third kappa shape index (κ3) is 6.91. The van der Waals surface area contributed by atoms with Gasteiger partial charge in [-0.05, 0) is 36.6 Å². The van der Waals surface area contributed by atoms with Gasteiger partial charge in [0, 0.05) is 95.4 Å². The van der Waals surface area contributed by atoms with Gasteiger partial charge in [-0.25, -0.2) is 17.5 Å². The van der Waals surface area contributed by atoms with Crippen molar-refractivity contribution < 1.29 is 17.9 Å². The van der Waals surface area contributed by atoms with Crippen LogP contribution in [0.2, 0.25) is 0 Å². The minimum absolute atomic E-state index is 0.0318. The van der Waals surface area contributed by atoms with E-state index in [0.717, 1.165) is 29.1 Å². The Hall–Kier alpha value is -3.42. The minimum Gasteiger partial charge on any atom is -0.393 e. The first-order valence-corrected chi connectivity index (χ1v) is 13.9. The summed E-state index contributed by atoms with van der Waals surface area (Å²) in [5, 5.41) is 28.9. The fourth-order valence-electron chi connectivity index (χ4n) is 4.35. The maximum atomic E-state index is 13.0. The molecule has 0 radical (unpaired) electrons. The Labute approximate surface area is 224 Å². The van der Waals surface area contributed by atoms with Gasteiger partial charge in [-0.2, -0.15) is 0 Å². The molecule has 1 fully saturated rings. The van der Waals surface area contributed by atoms with E-state index in [2.05, 4.69) is 21.3 Å². The van der Waals surface area contributed by atoms with E-state index in [-0.39, 0.29) is 29.3 Å². The van der Waals surface area contributed by atoms with Gasteiger partial charge in [0.2, 0.25) is 10.0 Å². The third-order valence-electron chi connectivity index (χ3n) is 6.49. The van der Waals surface area contributed by atoms with Gasteiger partial charge in [-0.1, -0.05) is 0 Å². The predicted molar refractivity (Wildman–Crippen MR) is 149 cm³/mol. The standard InChI is InChI=1S/C25H38N8O4S/c1-28-15-18(14-26)17-11-20(13-21(12-17)38(35,36)32(3)4)31-24(27)22-16-33(25(34)29-2)8-5-23(22)30-19-6-9-37-10-7-19/h11-15,19,26,28,30H,5-10,16H2,1-4H3,(H2,27,31)(H,29,34)/b18-15+,26-14?. The topological polar surface area (TPSA) is 163 Å². The number of nitrogens with zero attached hydrogens (tertiary/aromatic N) is 2. The van der Waals surface area contributed by atoms with Crippen LogP contribution in [0.5, 0.6) is 0 Å². The summed E-state index contributed by atoms with van der Waals surface area (Å²) in [6.45, 7) is 2.09. The number of anilines is 1. The molecule has 2 heterocycles. The van der Waals surface area contributed by atoms with E-state index in [1.807, 2.05) is 0 Å². The first-order valence-electron chi connectivity index (χ1n) is 12.5. The Kier molecular flexibility index (Phi) is 9.89. The number of hydrogen-bond acceptors (Lipinski definition) is 8. The molecule has 0 saturated carbocycles. The maximum Gasteiger partial charge on any atom is 0.317 e. The molecule has 208 valence electrons. The number of allylic oxidation sites excluding steroid dienone is 1. The molecular formula is C25H38N8O4S. The fraction of sp³-hybridized carbons (Fsp3) is 0.480. The fourth-order valence-corrected chi connectivity index (χ4v) is 5.33. The SMILES string of the molecule is CN/C=C(\C=N)c1cc(NC(=N)C2=C(NC3CCOCC3)CCN(C(=O)NC)C2)cc(S(=O)(=O)N(C)C)c1. The van der Waals surface area contributed by atoms with Crippen LogP contribution in [0.3, 0.4) is 0 Å². The van der Waals surface area contributed by atoms with E-state index in [1.54, 1.807) is 31.3 Å². The molecule has 0 aliphatic carbocycles. The van der Waals surface area contributed by atoms with Crippen molar-refractivity contribution in [3.8, 4) is 0 Å². The molecule has 1 saturated heterocycles. The van der Waals surface area contributed by atoms with Crippen LogP contribution < -0.4 is 21.3 Å². The molecule has 13 heteroatoms. The quantitative estimate of drug-likeness (QED) is 0.202. The van der Waals surface area contributed by atoms with E-state index in [0.29, 0.717) is 48.6 Å². The Morgan fingerprint density at radius 3 is 2.50 bits per heavy atom. The molecule has 0 spiro atoms. The number of ether oxygens (including phenoxy) is 1. The molecule has 1 aromatic rings. The number of urea groups is 1. The van der Waals surface area contributed by atoms with Crippen molar-refractivity contribution in [3.63, 3.8) is 0 Å². The van der Waals surface area contributed by atoms with Gasteiger partial charge in [-0.15, -0.1) is 0 Å². The highest BCUT2D eigenvalue weighted by atomic mass is 32.2. The molecule has 2 amide bonds. The number of amides is 2. The van der Waals surface area contributed by atoms with E-state index in [1.165, 1.54) is 26.2 Å². The number of benzene rings is 1. The lowest BCUT2D eigenvalue weighted by Crippen LogP contribution is -2.46. The molecule has 12 nitrogen and oxygen atoms in total. The number of hydrogen-bond donors (Lipinski definition) is 6. The molecule has 0 bridgehead atoms. The molecule has 6 N–H and O–H groups in total. The zero-order chi connectivity index (χ0) is 27.9. The van der Waals surface area contributed by atoms with Crippen molar-refractivity contribution in [2.45, 2.75) is 30.2 Å². The van der Waals surface area contributed by atoms with E-state index in [4.69, 9.17) is 15.6 Å². The first kappa shape index (κ1) is 29.1. The maximum absolute atomic E-state index is 13.0. The Balaban J connectivity index is 2.01. The summed E-state index contributed by atoms with van der Waals surface area (Å²) >= 11 is 0. The van der Waals surface area contributed by atoms with Crippen molar-refractivity contribution in [2.24, 2.45) is 0 Å². The Morgan fingerprint density at radius 2 is 1.89 bits per heavy atom. The lowest BCUT2D eigenvalue weighted by molar-refractivity contribution is 0.0798. The van der Waals surface area contributed by atoms with Gasteiger partial charge in [0.15, 0.2) is 0 Å². The summed E-state index contributed by atoms with van der Waals surface area (Å²) in [6.07, 6.45) is 5.01. The number of sulfonamides is 1. The molecule has 2 aliphatic rings. The van der Waals surface area contributed by atoms with Gasteiger partial charge < -0.3 is 36.3 Å². The molecule has 2 aliphatic heterocycles. The molecule has 3 rings (SSSR count). The monoisotopic (exact) mass is 546 g/mol. The zero-order valence-electron chi connectivity index (χ0n) is 22.3. The summed E-state index contributed by atoms with van der Waals surface area (Å²) in [4.78, 5) is 14.1. The first-order chi connectivity index (χ1) is 18.1. The van der Waals surface area contributed by atoms with Crippen LogP contribution in [0.25, 0.3) is 5.57 Å². The van der Waals surface area contributed by atoms with E-state index < -0.39 is 10.0 Å². The summed E-state index contributed by atoms with van der Waals surface area (Å²) in [5.74, 6) is 0.0625. The summed E-state index contributed by atoms with van der Waals surface area (Å²) < 4.78 is 32.6. The molecule has 38 heavy (non-hydrogen) atoms. The van der Waals surface area contributed by atoms with Crippen LogP contribution in [0, 0.1) is 10.8 Å². The highest BCUT2D eigenvalue weighted by molar-refractivity contribution is 7.89. The number of carbonyl (C=O) groups is 1. The van der Waals surface area contributed by atoms with Crippen LogP contribution >= 0.6 is 0 Å². The van der Waals surface area contributed by atoms with Gasteiger partial charge >= 0.3 is 6.03 Å². The predicted octanol–water partition coefficient (Wildman–Crippen LogP) is 1.60. The highest BCUT2D eigenvalue weighted by Crippen LogP contribution is 2.27. The van der Waals surface area contributed by atoms with Crippen LogP contribution in [-0.2, 0) is 14.8 Å². The summed E-state index contributed by atoms with van der Waals surface area (Å²) in [6, 6.07) is 4.66. The average molecular weight is 547 g/mol. The lowest BCUT2D eigenvalue weighted by atomic mass is 10.0. The second-order valence-electron chi connectivity index (χ2n) is 9.28. The summed E-state index contributed by atoms with van der Waals surface area (Å²) in [5.41, 5.74) is 2.88. The van der Waals surface area contributed by atoms with Crippen LogP contribution in [0.1, 0.15) is 24.8 Å². The van der Waals surface area contributed by atoms with Gasteiger partial charge in [0.1, 0.15) is 5.84 Å². The molecule has 0 aromatic heterocycles. The largest absolute Gasteiger partial charge is 0.393 e. The van der Waals surface area contributed by atoms with Gasteiger partial charge in [0.25, 0.3) is 0 Å². The Bertz CT molecular complexity index is 1220. The van der Waals surface area contributed by atoms with Crippen molar-refractivity contribution in [1.29, 1.82) is 10.8 Å². The normalized spacial score (nSPS) is 17.3. The lowest BCUT2D eigenvalue weighted by Gasteiger charge is -2.34. The number of carbonyl (C=O) groups excluding carboxylic acids is 1. The molecule has 0 unspecified atom stereocenters. The molecule has 0 atom stereocenters. The van der Waals surface area contributed by atoms with Crippen molar-refractivity contribution in [3.05, 3.63) is 41.2 Å². The van der Waals surface area contributed by atoms with Crippen molar-refractivity contribution in [1.82, 2.24) is 25.2 Å². The van der Waals surface area contributed by atoms with Crippen LogP contribution in [0.15, 0.2) is 40.6 Å². The average Bonchev–Trinajstić information content (AvgIpc) is 2.91. The van der Waals surface area contributed by atoms with E-state index >= 15 is 0 Å². The summed E-state index contributed by atoms with van der Waals surface area (Å²) in [7, 11) is 2.38. The molecular weight excluding hydrogens is 508 g/mol. The van der Waals surface area contributed by atoms with Crippen LogP contribution in [0.4, 0.5) is 10.5 Å². The highest BCUT2D eigenvalue weighted by Gasteiger charge is 2.27. The molecule has 1 aromatic carbocycles. The van der Waals surface area contributed by atoms with E-state index in [9.17, 15) is 13.2 Å². The smallest absolute Gasteiger partial charge is 0.317 e. The second kappa shape index (κ2) is 12.9. The Morgan fingerprint density at radius 1 is 1.18 bits per heavy atom. The van der Waals surface area contributed by atoms with Crippen molar-refractivity contribution in [2.75, 3.05) is 59.8 Å². The van der Waals surface area contributed by atoms with Crippen molar-refractivity contribution >= 4 is 39.4 Å². The van der Waals surface area contributed by atoms with Crippen LogP contribution in [-0.4, -0.2) is 96.2 Å². The number of nitrogens with one attached hydrogen (secondary N) is 6. The second-order valence-corrected chi connectivity index (χ2v) is 11.4. The van der Waals surface area contributed by atoms with Gasteiger partial charge in [-0.3, -0.25) is 5.41 Å². The number of amidine groups is 1. The van der Waals surface area contributed by atoms with Gasteiger partial charge in [0.05, 0.1) is 11.4 Å². The zero-order valence-corrected chi connectivity index (χ0v) is 23.2. The third-order valence-corrected chi connectivity index (χ3v) is 8.28.